The van der Waals surface area contributed by atoms with Crippen molar-refractivity contribution in [3.8, 4) is 0 Å². The lowest BCUT2D eigenvalue weighted by Crippen LogP contribution is -2.50. The van der Waals surface area contributed by atoms with Crippen molar-refractivity contribution in [2.24, 2.45) is 34.5 Å². The van der Waals surface area contributed by atoms with Gasteiger partial charge in [-0.05, 0) is 85.9 Å². The van der Waals surface area contributed by atoms with E-state index in [1.165, 1.54) is 57.8 Å². The van der Waals surface area contributed by atoms with Crippen LogP contribution in [0.15, 0.2) is 11.6 Å². The van der Waals surface area contributed by atoms with E-state index in [0.29, 0.717) is 5.41 Å². The maximum Gasteiger partial charge on any atom is 0.0596 e. The zero-order chi connectivity index (χ0) is 16.2. The molecule has 4 aliphatic carbocycles. The standard InChI is InChI=1S/C22H36O/c1-4-5-15-10-12-21(2)16(14-15)6-7-17-18-8-9-20(23)22(18,3)13-11-19(17)21/h6,15,17-20,23H,4-5,7-14H2,1-3H3. The molecule has 3 fully saturated rings. The zero-order valence-electron chi connectivity index (χ0n) is 15.5. The fourth-order valence-corrected chi connectivity index (χ4v) is 7.36. The van der Waals surface area contributed by atoms with Crippen molar-refractivity contribution in [2.45, 2.75) is 91.1 Å². The molecule has 23 heavy (non-hydrogen) atoms. The lowest BCUT2D eigenvalue weighted by molar-refractivity contribution is -0.0682. The van der Waals surface area contributed by atoms with E-state index in [1.54, 1.807) is 0 Å². The van der Waals surface area contributed by atoms with Gasteiger partial charge < -0.3 is 5.11 Å². The predicted octanol–water partition coefficient (Wildman–Crippen LogP) is 5.73. The third-order valence-corrected chi connectivity index (χ3v) is 8.85. The molecular formula is C22H36O. The largest absolute Gasteiger partial charge is 0.393 e. The summed E-state index contributed by atoms with van der Waals surface area (Å²) >= 11 is 0. The van der Waals surface area contributed by atoms with E-state index in [4.69, 9.17) is 0 Å². The molecule has 0 aliphatic heterocycles. The number of rotatable bonds is 2. The number of aliphatic hydroxyl groups is 1. The number of hydrogen-bond acceptors (Lipinski definition) is 1. The first kappa shape index (κ1) is 16.2. The number of allylic oxidation sites excluding steroid dienone is 2. The molecule has 1 nitrogen and oxygen atoms in total. The quantitative estimate of drug-likeness (QED) is 0.645. The molecule has 0 saturated heterocycles. The van der Waals surface area contributed by atoms with Crippen molar-refractivity contribution in [1.29, 1.82) is 0 Å². The van der Waals surface area contributed by atoms with E-state index in [2.05, 4.69) is 26.8 Å². The molecule has 0 aromatic carbocycles. The van der Waals surface area contributed by atoms with E-state index in [1.807, 2.05) is 5.57 Å². The van der Waals surface area contributed by atoms with Gasteiger partial charge in [0.05, 0.1) is 6.10 Å². The average molecular weight is 317 g/mol. The molecule has 1 N–H and O–H groups in total. The van der Waals surface area contributed by atoms with Crippen molar-refractivity contribution in [3.63, 3.8) is 0 Å². The lowest BCUT2D eigenvalue weighted by atomic mass is 9.47. The Kier molecular flexibility index (Phi) is 3.95. The fraction of sp³-hybridized carbons (Fsp3) is 0.909. The van der Waals surface area contributed by atoms with Crippen LogP contribution in [0, 0.1) is 34.5 Å². The molecule has 1 heteroatoms. The van der Waals surface area contributed by atoms with Crippen LogP contribution in [-0.4, -0.2) is 11.2 Å². The van der Waals surface area contributed by atoms with Gasteiger partial charge in [-0.3, -0.25) is 0 Å². The number of fused-ring (bicyclic) bond motifs is 5. The van der Waals surface area contributed by atoms with Crippen LogP contribution in [0.5, 0.6) is 0 Å². The van der Waals surface area contributed by atoms with E-state index < -0.39 is 0 Å². The topological polar surface area (TPSA) is 20.2 Å². The Morgan fingerprint density at radius 3 is 2.70 bits per heavy atom. The minimum atomic E-state index is -0.0353. The van der Waals surface area contributed by atoms with E-state index in [-0.39, 0.29) is 11.5 Å². The van der Waals surface area contributed by atoms with E-state index in [9.17, 15) is 5.11 Å². The van der Waals surface area contributed by atoms with E-state index in [0.717, 1.165) is 30.1 Å². The molecule has 7 unspecified atom stereocenters. The van der Waals surface area contributed by atoms with Gasteiger partial charge in [-0.2, -0.15) is 0 Å². The summed E-state index contributed by atoms with van der Waals surface area (Å²) in [5, 5.41) is 10.5. The summed E-state index contributed by atoms with van der Waals surface area (Å²) in [6, 6.07) is 0. The van der Waals surface area contributed by atoms with Crippen LogP contribution < -0.4 is 0 Å². The van der Waals surface area contributed by atoms with Crippen molar-refractivity contribution in [2.75, 3.05) is 0 Å². The molecule has 7 atom stereocenters. The van der Waals surface area contributed by atoms with Crippen molar-refractivity contribution >= 4 is 0 Å². The molecule has 0 aromatic heterocycles. The Morgan fingerprint density at radius 1 is 1.09 bits per heavy atom. The van der Waals surface area contributed by atoms with Crippen LogP contribution in [0.25, 0.3) is 0 Å². The SMILES string of the molecule is CCCC1CCC2(C)C(=CCC3C2CCC2(C)C(O)CCC32)C1. The molecule has 0 amide bonds. The molecule has 0 heterocycles. The smallest absolute Gasteiger partial charge is 0.0596 e. The molecule has 130 valence electrons. The van der Waals surface area contributed by atoms with Crippen molar-refractivity contribution in [3.05, 3.63) is 11.6 Å². The number of aliphatic hydroxyl groups excluding tert-OH is 1. The highest BCUT2D eigenvalue weighted by atomic mass is 16.3. The van der Waals surface area contributed by atoms with Gasteiger partial charge >= 0.3 is 0 Å². The maximum absolute atomic E-state index is 10.5. The highest BCUT2D eigenvalue weighted by molar-refractivity contribution is 5.25. The summed E-state index contributed by atoms with van der Waals surface area (Å²) in [6.07, 6.45) is 15.9. The van der Waals surface area contributed by atoms with Crippen LogP contribution in [0.2, 0.25) is 0 Å². The maximum atomic E-state index is 10.5. The molecule has 0 aromatic rings. The third kappa shape index (κ3) is 2.29. The summed E-state index contributed by atoms with van der Waals surface area (Å²) in [5.74, 6) is 3.48. The fourth-order valence-electron chi connectivity index (χ4n) is 7.36. The van der Waals surface area contributed by atoms with Crippen molar-refractivity contribution in [1.82, 2.24) is 0 Å². The minimum absolute atomic E-state index is 0.0353. The van der Waals surface area contributed by atoms with Gasteiger partial charge in [-0.1, -0.05) is 45.3 Å². The second-order valence-electron chi connectivity index (χ2n) is 9.79. The van der Waals surface area contributed by atoms with Gasteiger partial charge in [0.1, 0.15) is 0 Å². The van der Waals surface area contributed by atoms with Crippen LogP contribution in [0.4, 0.5) is 0 Å². The first-order chi connectivity index (χ1) is 11.0. The highest BCUT2D eigenvalue weighted by Gasteiger charge is 2.58. The second-order valence-corrected chi connectivity index (χ2v) is 9.79. The highest BCUT2D eigenvalue weighted by Crippen LogP contribution is 2.65. The normalized spacial score (nSPS) is 52.3. The average Bonchev–Trinajstić information content (AvgIpc) is 2.84. The van der Waals surface area contributed by atoms with Crippen LogP contribution in [0.1, 0.15) is 85.0 Å². The molecule has 3 saturated carbocycles. The molecule has 0 radical (unpaired) electrons. The van der Waals surface area contributed by atoms with Crippen LogP contribution in [-0.2, 0) is 0 Å². The van der Waals surface area contributed by atoms with Gasteiger partial charge in [0.15, 0.2) is 0 Å². The third-order valence-electron chi connectivity index (χ3n) is 8.85. The molecule has 0 spiro atoms. The summed E-state index contributed by atoms with van der Waals surface area (Å²) in [7, 11) is 0. The first-order valence-electron chi connectivity index (χ1n) is 10.4. The van der Waals surface area contributed by atoms with Gasteiger partial charge in [0.2, 0.25) is 0 Å². The monoisotopic (exact) mass is 316 g/mol. The Hall–Kier alpha value is -0.300. The summed E-state index contributed by atoms with van der Waals surface area (Å²) in [4.78, 5) is 0. The van der Waals surface area contributed by atoms with Crippen molar-refractivity contribution < 1.29 is 5.11 Å². The first-order valence-corrected chi connectivity index (χ1v) is 10.4. The van der Waals surface area contributed by atoms with E-state index >= 15 is 0 Å². The summed E-state index contributed by atoms with van der Waals surface area (Å²) in [6.45, 7) is 7.34. The minimum Gasteiger partial charge on any atom is -0.393 e. The van der Waals surface area contributed by atoms with Gasteiger partial charge in [-0.15, -0.1) is 0 Å². The molecular weight excluding hydrogens is 280 g/mol. The Balaban J connectivity index is 1.60. The number of hydrogen-bond donors (Lipinski definition) is 1. The van der Waals surface area contributed by atoms with Gasteiger partial charge in [-0.25, -0.2) is 0 Å². The van der Waals surface area contributed by atoms with Gasteiger partial charge in [0, 0.05) is 0 Å². The summed E-state index contributed by atoms with van der Waals surface area (Å²) < 4.78 is 0. The molecule has 0 bridgehead atoms. The Labute approximate surface area is 142 Å². The zero-order valence-corrected chi connectivity index (χ0v) is 15.5. The lowest BCUT2D eigenvalue weighted by Gasteiger charge is -2.58. The molecule has 4 aliphatic rings. The van der Waals surface area contributed by atoms with Crippen LogP contribution in [0.3, 0.4) is 0 Å². The summed E-state index contributed by atoms with van der Waals surface area (Å²) in [5.41, 5.74) is 2.54. The molecule has 4 rings (SSSR count). The second kappa shape index (κ2) is 5.61. The Bertz CT molecular complexity index is 494. The van der Waals surface area contributed by atoms with Crippen LogP contribution >= 0.6 is 0 Å². The Morgan fingerprint density at radius 2 is 1.91 bits per heavy atom. The predicted molar refractivity (Wildman–Crippen MR) is 96.1 cm³/mol. The van der Waals surface area contributed by atoms with Gasteiger partial charge in [0.25, 0.3) is 0 Å².